The summed E-state index contributed by atoms with van der Waals surface area (Å²) in [4.78, 5) is 13.2. The van der Waals surface area contributed by atoms with E-state index in [9.17, 15) is 26.4 Å². The number of anilines is 1. The van der Waals surface area contributed by atoms with E-state index >= 15 is 0 Å². The predicted molar refractivity (Wildman–Crippen MR) is 97.7 cm³/mol. The van der Waals surface area contributed by atoms with Crippen LogP contribution in [0.2, 0.25) is 0 Å². The van der Waals surface area contributed by atoms with E-state index in [1.807, 2.05) is 10.8 Å². The molecule has 2 aromatic carbocycles. The Bertz CT molecular complexity index is 1090. The molecule has 0 saturated carbocycles. The van der Waals surface area contributed by atoms with Gasteiger partial charge in [-0.3, -0.25) is 4.79 Å². The van der Waals surface area contributed by atoms with E-state index in [-0.39, 0.29) is 18.4 Å². The van der Waals surface area contributed by atoms with Crippen molar-refractivity contribution in [1.29, 1.82) is 5.26 Å². The molecule has 0 aliphatic carbocycles. The zero-order valence-corrected chi connectivity index (χ0v) is 15.8. The molecule has 0 atom stereocenters. The lowest BCUT2D eigenvalue weighted by Crippen LogP contribution is -2.42. The molecule has 1 heterocycles. The number of nitrogens with one attached hydrogen (secondary N) is 1. The number of sulfonamides is 1. The van der Waals surface area contributed by atoms with Gasteiger partial charge in [-0.25, -0.2) is 26.3 Å². The Morgan fingerprint density at radius 1 is 1.07 bits per heavy atom. The molecule has 0 bridgehead atoms. The van der Waals surface area contributed by atoms with Crippen LogP contribution in [0.25, 0.3) is 0 Å². The number of hydrogen-bond acceptors (Lipinski definition) is 5. The molecule has 6 nitrogen and oxygen atoms in total. The Kier molecular flexibility index (Phi) is 5.79. The van der Waals surface area contributed by atoms with Gasteiger partial charge in [-0.2, -0.15) is 5.26 Å². The van der Waals surface area contributed by atoms with Crippen molar-refractivity contribution < 1.29 is 26.4 Å². The van der Waals surface area contributed by atoms with Crippen LogP contribution >= 0.6 is 0 Å². The molecule has 0 spiro atoms. The van der Waals surface area contributed by atoms with Crippen LogP contribution in [0, 0.1) is 34.7 Å². The average Bonchev–Trinajstić information content (AvgIpc) is 2.67. The van der Waals surface area contributed by atoms with Gasteiger partial charge in [0.1, 0.15) is 22.3 Å². The lowest BCUT2D eigenvalue weighted by atomic mass is 9.96. The second-order valence-corrected chi connectivity index (χ2v) is 8.23. The average molecular weight is 423 g/mol. The van der Waals surface area contributed by atoms with Crippen LogP contribution in [-0.2, 0) is 14.8 Å². The summed E-state index contributed by atoms with van der Waals surface area (Å²) in [6.45, 7) is 0.595. The minimum Gasteiger partial charge on any atom is -0.369 e. The maximum atomic E-state index is 14.1. The smallest absolute Gasteiger partial charge is 0.266 e. The van der Waals surface area contributed by atoms with E-state index in [2.05, 4.69) is 0 Å². The summed E-state index contributed by atoms with van der Waals surface area (Å²) >= 11 is 0. The number of carbonyl (C=O) groups is 1. The summed E-state index contributed by atoms with van der Waals surface area (Å²) in [7, 11) is -4.48. The summed E-state index contributed by atoms with van der Waals surface area (Å²) in [5, 5.41) is 8.80. The van der Waals surface area contributed by atoms with E-state index in [1.54, 1.807) is 4.90 Å². The number of amides is 1. The highest BCUT2D eigenvalue weighted by Crippen LogP contribution is 2.27. The number of carbonyl (C=O) groups excluding carboxylic acids is 1. The Morgan fingerprint density at radius 2 is 1.76 bits per heavy atom. The third kappa shape index (κ3) is 4.51. The Balaban J connectivity index is 1.65. The number of benzene rings is 2. The minimum absolute atomic E-state index is 0.193. The maximum absolute atomic E-state index is 14.1. The highest BCUT2D eigenvalue weighted by Gasteiger charge is 2.30. The van der Waals surface area contributed by atoms with Gasteiger partial charge in [0.2, 0.25) is 5.91 Å². The normalized spacial score (nSPS) is 15.0. The number of piperidine rings is 1. The van der Waals surface area contributed by atoms with Crippen molar-refractivity contribution in [2.75, 3.05) is 18.0 Å². The van der Waals surface area contributed by atoms with Crippen LogP contribution in [-0.4, -0.2) is 27.4 Å². The van der Waals surface area contributed by atoms with Crippen molar-refractivity contribution in [3.8, 4) is 6.07 Å². The van der Waals surface area contributed by atoms with Gasteiger partial charge in [-0.05, 0) is 43.2 Å². The van der Waals surface area contributed by atoms with Crippen molar-refractivity contribution >= 4 is 21.6 Å². The van der Waals surface area contributed by atoms with Crippen LogP contribution < -0.4 is 9.62 Å². The molecule has 1 fully saturated rings. The van der Waals surface area contributed by atoms with Gasteiger partial charge in [-0.15, -0.1) is 0 Å². The van der Waals surface area contributed by atoms with Crippen molar-refractivity contribution in [3.63, 3.8) is 0 Å². The van der Waals surface area contributed by atoms with E-state index < -0.39 is 44.2 Å². The van der Waals surface area contributed by atoms with E-state index in [0.29, 0.717) is 24.8 Å². The first-order chi connectivity index (χ1) is 13.7. The first-order valence-electron chi connectivity index (χ1n) is 8.67. The molecule has 1 saturated heterocycles. The highest BCUT2D eigenvalue weighted by molar-refractivity contribution is 7.90. The summed E-state index contributed by atoms with van der Waals surface area (Å²) in [5.74, 6) is -4.24. The largest absolute Gasteiger partial charge is 0.369 e. The molecule has 1 aliphatic heterocycles. The molecule has 10 heteroatoms. The minimum atomic E-state index is -4.48. The third-order valence-electron chi connectivity index (χ3n) is 4.70. The quantitative estimate of drug-likeness (QED) is 0.817. The van der Waals surface area contributed by atoms with Crippen LogP contribution in [0.15, 0.2) is 41.3 Å². The zero-order chi connectivity index (χ0) is 21.2. The summed E-state index contributed by atoms with van der Waals surface area (Å²) < 4.78 is 67.1. The monoisotopic (exact) mass is 423 g/mol. The molecule has 152 valence electrons. The number of halogens is 3. The number of hydrogen-bond donors (Lipinski definition) is 1. The topological polar surface area (TPSA) is 90.3 Å². The molecule has 0 radical (unpaired) electrons. The predicted octanol–water partition coefficient (Wildman–Crippen LogP) is 2.70. The van der Waals surface area contributed by atoms with Gasteiger partial charge in [0.15, 0.2) is 0 Å². The second-order valence-electron chi connectivity index (χ2n) is 6.58. The van der Waals surface area contributed by atoms with Crippen molar-refractivity contribution in [1.82, 2.24) is 4.72 Å². The Labute approximate surface area is 165 Å². The first-order valence-corrected chi connectivity index (χ1v) is 10.2. The number of nitriles is 1. The molecule has 1 N–H and O–H groups in total. The molecule has 2 aromatic rings. The zero-order valence-electron chi connectivity index (χ0n) is 15.0. The van der Waals surface area contributed by atoms with Gasteiger partial charge in [0.05, 0.1) is 17.3 Å². The molecule has 3 rings (SSSR count). The van der Waals surface area contributed by atoms with E-state index in [1.165, 1.54) is 12.1 Å². The molecule has 29 heavy (non-hydrogen) atoms. The fraction of sp³-hybridized carbons (Fsp3) is 0.263. The highest BCUT2D eigenvalue weighted by atomic mass is 32.2. The van der Waals surface area contributed by atoms with Gasteiger partial charge in [-0.1, -0.05) is 0 Å². The van der Waals surface area contributed by atoms with E-state index in [0.717, 1.165) is 18.2 Å². The summed E-state index contributed by atoms with van der Waals surface area (Å²) in [6.07, 6.45) is 0.513. The Hall–Kier alpha value is -3.06. The molecular formula is C19H16F3N3O3S. The molecule has 0 aromatic heterocycles. The molecule has 1 amide bonds. The lowest BCUT2D eigenvalue weighted by molar-refractivity contribution is -0.123. The molecule has 0 unspecified atom stereocenters. The van der Waals surface area contributed by atoms with Crippen LogP contribution in [0.1, 0.15) is 18.4 Å². The van der Waals surface area contributed by atoms with Gasteiger partial charge >= 0.3 is 0 Å². The second kappa shape index (κ2) is 8.13. The van der Waals surface area contributed by atoms with E-state index in [4.69, 9.17) is 5.26 Å². The van der Waals surface area contributed by atoms with Gasteiger partial charge in [0, 0.05) is 25.1 Å². The van der Waals surface area contributed by atoms with Crippen molar-refractivity contribution in [2.45, 2.75) is 17.7 Å². The van der Waals surface area contributed by atoms with Crippen molar-refractivity contribution in [2.24, 2.45) is 5.92 Å². The summed E-state index contributed by atoms with van der Waals surface area (Å²) in [5.41, 5.74) is 0.489. The summed E-state index contributed by atoms with van der Waals surface area (Å²) in [6, 6.07) is 7.89. The van der Waals surface area contributed by atoms with Crippen molar-refractivity contribution in [3.05, 3.63) is 59.4 Å². The fourth-order valence-corrected chi connectivity index (χ4v) is 4.28. The van der Waals surface area contributed by atoms with Crippen LogP contribution in [0.5, 0.6) is 0 Å². The molecular weight excluding hydrogens is 407 g/mol. The SMILES string of the molecule is N#Cc1ccc(N2CCC(C(=O)NS(=O)(=O)c3ccc(F)cc3F)CC2)c(F)c1. The maximum Gasteiger partial charge on any atom is 0.266 e. The number of nitrogens with zero attached hydrogens (tertiary/aromatic N) is 2. The van der Waals surface area contributed by atoms with Gasteiger partial charge < -0.3 is 4.90 Å². The lowest BCUT2D eigenvalue weighted by Gasteiger charge is -2.33. The Morgan fingerprint density at radius 3 is 2.34 bits per heavy atom. The number of rotatable bonds is 4. The fourth-order valence-electron chi connectivity index (χ4n) is 3.18. The van der Waals surface area contributed by atoms with Crippen LogP contribution in [0.4, 0.5) is 18.9 Å². The standard InChI is InChI=1S/C19H16F3N3O3S/c20-14-2-4-18(16(22)10-14)29(27,28)24-19(26)13-5-7-25(8-6-13)17-3-1-12(11-23)9-15(17)21/h1-4,9-10,13H,5-8H2,(H,24,26). The third-order valence-corrected chi connectivity index (χ3v) is 6.08. The van der Waals surface area contributed by atoms with Gasteiger partial charge in [0.25, 0.3) is 10.0 Å². The first kappa shape index (κ1) is 20.7. The van der Waals surface area contributed by atoms with Crippen LogP contribution in [0.3, 0.4) is 0 Å². The molecule has 1 aliphatic rings.